The van der Waals surface area contributed by atoms with E-state index in [1.54, 1.807) is 25.4 Å². The number of hydrogen-bond donors (Lipinski definition) is 2. The normalized spacial score (nSPS) is 16.6. The van der Waals surface area contributed by atoms with E-state index in [9.17, 15) is 15.0 Å². The average molecular weight is 500 g/mol. The lowest BCUT2D eigenvalue weighted by atomic mass is 9.74. The van der Waals surface area contributed by atoms with Crippen molar-refractivity contribution in [3.8, 4) is 17.6 Å². The Kier molecular flexibility index (Phi) is 7.69. The molecule has 4 rings (SSSR count). The average Bonchev–Trinajstić information content (AvgIpc) is 3.36. The number of carbonyl (C=O) groups is 1. The third-order valence-corrected chi connectivity index (χ3v) is 7.48. The molecule has 0 saturated carbocycles. The molecule has 1 atom stereocenters. The second kappa shape index (κ2) is 10.7. The highest BCUT2D eigenvalue weighted by molar-refractivity contribution is 7.10. The molecule has 0 radical (unpaired) electrons. The van der Waals surface area contributed by atoms with Crippen LogP contribution in [0.5, 0.6) is 5.75 Å². The summed E-state index contributed by atoms with van der Waals surface area (Å²) in [6.07, 6.45) is 3.98. The Bertz CT molecular complexity index is 1210. The maximum Gasteiger partial charge on any atom is 0.309 e. The number of benzene rings is 1. The summed E-state index contributed by atoms with van der Waals surface area (Å²) in [7, 11) is 1.57. The van der Waals surface area contributed by atoms with Gasteiger partial charge >= 0.3 is 5.97 Å². The van der Waals surface area contributed by atoms with Crippen LogP contribution in [0.4, 0.5) is 0 Å². The van der Waals surface area contributed by atoms with Crippen LogP contribution in [0.15, 0.2) is 36.0 Å². The minimum absolute atomic E-state index is 0.284. The van der Waals surface area contributed by atoms with Gasteiger partial charge in [0.1, 0.15) is 5.75 Å². The second-order valence-corrected chi connectivity index (χ2v) is 9.76. The number of thiazole rings is 1. The molecule has 2 aromatic heterocycles. The van der Waals surface area contributed by atoms with E-state index in [4.69, 9.17) is 16.3 Å². The monoisotopic (exact) mass is 499 g/mol. The van der Waals surface area contributed by atoms with Crippen molar-refractivity contribution < 1.29 is 19.7 Å². The van der Waals surface area contributed by atoms with Gasteiger partial charge in [-0.1, -0.05) is 17.5 Å². The maximum absolute atomic E-state index is 12.3. The van der Waals surface area contributed by atoms with Crippen molar-refractivity contribution in [1.29, 1.82) is 0 Å². The van der Waals surface area contributed by atoms with Crippen molar-refractivity contribution in [2.75, 3.05) is 26.7 Å². The van der Waals surface area contributed by atoms with Crippen LogP contribution < -0.4 is 4.74 Å². The number of fused-ring (bicyclic) bond motifs is 1. The number of likely N-dealkylation sites (tertiary alicyclic amines) is 1. The lowest BCUT2D eigenvalue weighted by Gasteiger charge is -2.38. The van der Waals surface area contributed by atoms with Crippen LogP contribution in [0, 0.1) is 17.3 Å². The van der Waals surface area contributed by atoms with Gasteiger partial charge in [0.25, 0.3) is 0 Å². The van der Waals surface area contributed by atoms with E-state index in [0.717, 1.165) is 5.01 Å². The number of hydrogen-bond acceptors (Lipinski definition) is 7. The highest BCUT2D eigenvalue weighted by Crippen LogP contribution is 2.41. The van der Waals surface area contributed by atoms with E-state index >= 15 is 0 Å². The first-order valence-electron chi connectivity index (χ1n) is 11.1. The fourth-order valence-electron chi connectivity index (χ4n) is 4.41. The number of piperidine rings is 1. The third kappa shape index (κ3) is 5.34. The van der Waals surface area contributed by atoms with E-state index in [1.165, 1.54) is 17.5 Å². The van der Waals surface area contributed by atoms with Crippen molar-refractivity contribution in [2.24, 2.45) is 5.41 Å². The smallest absolute Gasteiger partial charge is 0.309 e. The van der Waals surface area contributed by atoms with Gasteiger partial charge in [-0.2, -0.15) is 0 Å². The first kappa shape index (κ1) is 24.4. The van der Waals surface area contributed by atoms with Gasteiger partial charge < -0.3 is 14.9 Å². The minimum atomic E-state index is -0.913. The molecule has 34 heavy (non-hydrogen) atoms. The summed E-state index contributed by atoms with van der Waals surface area (Å²) in [4.78, 5) is 22.9. The number of ether oxygens (including phenoxy) is 1. The number of pyridine rings is 1. The highest BCUT2D eigenvalue weighted by Gasteiger charge is 2.41. The summed E-state index contributed by atoms with van der Waals surface area (Å²) in [5.41, 5.74) is 0.369. The Balaban J connectivity index is 1.43. The Labute approximate surface area is 207 Å². The predicted molar refractivity (Wildman–Crippen MR) is 132 cm³/mol. The standard InChI is InChI=1S/C25H26ClN3O4S/c1-33-17-4-5-20-18(15-17)23(19(26)16-28-20)21(30)6-7-25(24(31)32)8-12-29(13-9-25)11-2-3-22-27-10-14-34-22/h4-5,10,14-16,21,30H,6-9,11-13H2,1H3,(H,31,32). The minimum Gasteiger partial charge on any atom is -0.497 e. The van der Waals surface area contributed by atoms with Crippen molar-refractivity contribution >= 4 is 39.8 Å². The Hall–Kier alpha value is -2.70. The van der Waals surface area contributed by atoms with Gasteiger partial charge in [0.2, 0.25) is 0 Å². The molecule has 1 saturated heterocycles. The zero-order valence-corrected chi connectivity index (χ0v) is 20.4. The molecule has 1 aromatic carbocycles. The molecule has 3 aromatic rings. The molecule has 0 amide bonds. The van der Waals surface area contributed by atoms with Gasteiger partial charge in [-0.05, 0) is 49.8 Å². The van der Waals surface area contributed by atoms with Crippen LogP contribution in [-0.2, 0) is 4.79 Å². The first-order valence-corrected chi connectivity index (χ1v) is 12.3. The lowest BCUT2D eigenvalue weighted by Crippen LogP contribution is -2.44. The topological polar surface area (TPSA) is 95.8 Å². The van der Waals surface area contributed by atoms with Crippen LogP contribution in [0.25, 0.3) is 10.9 Å². The first-order chi connectivity index (χ1) is 16.4. The molecule has 1 aliphatic rings. The van der Waals surface area contributed by atoms with Crippen molar-refractivity contribution in [3.05, 3.63) is 51.6 Å². The molecule has 0 bridgehead atoms. The predicted octanol–water partition coefficient (Wildman–Crippen LogP) is 4.39. The SMILES string of the molecule is COc1ccc2ncc(Cl)c(C(O)CCC3(C(=O)O)CCN(CC#Cc4nccs4)CC3)c2c1. The number of aliphatic carboxylic acids is 1. The largest absolute Gasteiger partial charge is 0.497 e. The number of carboxylic acid groups (broad SMARTS) is 1. The van der Waals surface area contributed by atoms with Gasteiger partial charge in [0.15, 0.2) is 5.01 Å². The molecule has 0 aliphatic carbocycles. The van der Waals surface area contributed by atoms with Gasteiger partial charge in [-0.3, -0.25) is 14.7 Å². The lowest BCUT2D eigenvalue weighted by molar-refractivity contribution is -0.153. The molecular weight excluding hydrogens is 474 g/mol. The van der Waals surface area contributed by atoms with E-state index in [1.807, 2.05) is 11.4 Å². The van der Waals surface area contributed by atoms with E-state index < -0.39 is 17.5 Å². The summed E-state index contributed by atoms with van der Waals surface area (Å²) < 4.78 is 5.31. The zero-order chi connectivity index (χ0) is 24.1. The Morgan fingerprint density at radius 3 is 2.82 bits per heavy atom. The van der Waals surface area contributed by atoms with Crippen LogP contribution in [0.1, 0.15) is 42.4 Å². The quantitative estimate of drug-likeness (QED) is 0.465. The number of aliphatic hydroxyl groups is 1. The number of carboxylic acids is 1. The molecule has 0 spiro atoms. The Morgan fingerprint density at radius 1 is 1.35 bits per heavy atom. The number of methoxy groups -OCH3 is 1. The van der Waals surface area contributed by atoms with Crippen LogP contribution in [-0.4, -0.2) is 57.8 Å². The zero-order valence-electron chi connectivity index (χ0n) is 18.8. The molecular formula is C25H26ClN3O4S. The van der Waals surface area contributed by atoms with Gasteiger partial charge in [0, 0.05) is 41.8 Å². The number of aromatic nitrogens is 2. The van der Waals surface area contributed by atoms with E-state index in [2.05, 4.69) is 26.7 Å². The molecule has 178 valence electrons. The number of aliphatic hydroxyl groups excluding tert-OH is 1. The number of nitrogens with zero attached hydrogens (tertiary/aromatic N) is 3. The Morgan fingerprint density at radius 2 is 2.15 bits per heavy atom. The summed E-state index contributed by atoms with van der Waals surface area (Å²) in [6, 6.07) is 5.41. The summed E-state index contributed by atoms with van der Waals surface area (Å²) >= 11 is 7.91. The number of rotatable bonds is 7. The highest BCUT2D eigenvalue weighted by atomic mass is 35.5. The van der Waals surface area contributed by atoms with Gasteiger partial charge in [0.05, 0.1) is 35.7 Å². The molecule has 2 N–H and O–H groups in total. The fourth-order valence-corrected chi connectivity index (χ4v) is 5.19. The van der Waals surface area contributed by atoms with Gasteiger partial charge in [-0.15, -0.1) is 11.3 Å². The van der Waals surface area contributed by atoms with E-state index in [0.29, 0.717) is 66.1 Å². The summed E-state index contributed by atoms with van der Waals surface area (Å²) in [6.45, 7) is 1.87. The second-order valence-electron chi connectivity index (χ2n) is 8.46. The molecule has 9 heteroatoms. The van der Waals surface area contributed by atoms with E-state index in [-0.39, 0.29) is 6.42 Å². The molecule has 7 nitrogen and oxygen atoms in total. The van der Waals surface area contributed by atoms with Gasteiger partial charge in [-0.25, -0.2) is 4.98 Å². The molecule has 1 unspecified atom stereocenters. The van der Waals surface area contributed by atoms with Crippen molar-refractivity contribution in [1.82, 2.24) is 14.9 Å². The summed E-state index contributed by atoms with van der Waals surface area (Å²) in [5, 5.41) is 24.9. The summed E-state index contributed by atoms with van der Waals surface area (Å²) in [5.74, 6) is 5.98. The van der Waals surface area contributed by atoms with Crippen molar-refractivity contribution in [2.45, 2.75) is 31.8 Å². The molecule has 1 fully saturated rings. The van der Waals surface area contributed by atoms with Crippen LogP contribution in [0.3, 0.4) is 0 Å². The third-order valence-electron chi connectivity index (χ3n) is 6.49. The van der Waals surface area contributed by atoms with Crippen LogP contribution in [0.2, 0.25) is 5.02 Å². The maximum atomic E-state index is 12.3. The van der Waals surface area contributed by atoms with Crippen molar-refractivity contribution in [3.63, 3.8) is 0 Å². The molecule has 3 heterocycles. The fraction of sp³-hybridized carbons (Fsp3) is 0.400. The van der Waals surface area contributed by atoms with Crippen LogP contribution >= 0.6 is 22.9 Å². The molecule has 1 aliphatic heterocycles. The number of halogens is 1.